The predicted octanol–water partition coefficient (Wildman–Crippen LogP) is 5.45. The van der Waals surface area contributed by atoms with Crippen molar-refractivity contribution in [3.05, 3.63) is 34.9 Å². The third kappa shape index (κ3) is 4.08. The topological polar surface area (TPSA) is 32.7 Å². The third-order valence-corrected chi connectivity index (χ3v) is 9.20. The van der Waals surface area contributed by atoms with E-state index in [-0.39, 0.29) is 40.9 Å². The maximum absolute atomic E-state index is 14.5. The quantitative estimate of drug-likeness (QED) is 0.500. The van der Waals surface area contributed by atoms with E-state index < -0.39 is 23.6 Å². The van der Waals surface area contributed by atoms with Gasteiger partial charge < -0.3 is 4.90 Å². The summed E-state index contributed by atoms with van der Waals surface area (Å²) in [6.07, 6.45) is -9.48. The number of benzene rings is 1. The minimum absolute atomic E-state index is 0.0127. The van der Waals surface area contributed by atoms with E-state index in [4.69, 9.17) is 0 Å². The summed E-state index contributed by atoms with van der Waals surface area (Å²) >= 11 is 0. The molecule has 184 valence electrons. The average molecular weight is 499 g/mol. The molecular formula is C22H25F7N2OS. The van der Waals surface area contributed by atoms with E-state index >= 15 is 0 Å². The van der Waals surface area contributed by atoms with Crippen LogP contribution in [0.2, 0.25) is 0 Å². The molecule has 1 unspecified atom stereocenters. The summed E-state index contributed by atoms with van der Waals surface area (Å²) in [6, 6.07) is 2.37. The van der Waals surface area contributed by atoms with Crippen LogP contribution in [0.4, 0.5) is 30.7 Å². The number of halogens is 7. The number of hydrogen-bond donors (Lipinski definition) is 0. The van der Waals surface area contributed by atoms with Gasteiger partial charge in [-0.3, -0.25) is 9.16 Å². The van der Waals surface area contributed by atoms with Crippen molar-refractivity contribution in [2.75, 3.05) is 25.1 Å². The van der Waals surface area contributed by atoms with E-state index in [1.165, 1.54) is 6.07 Å². The lowest BCUT2D eigenvalue weighted by atomic mass is 9.77. The van der Waals surface area contributed by atoms with Crippen LogP contribution in [-0.2, 0) is 27.6 Å². The number of alkyl halides is 7. The molecule has 2 atom stereocenters. The van der Waals surface area contributed by atoms with Crippen LogP contribution in [0.15, 0.2) is 22.6 Å². The first-order chi connectivity index (χ1) is 15.4. The molecule has 2 saturated heterocycles. The van der Waals surface area contributed by atoms with Gasteiger partial charge in [0.05, 0.1) is 0 Å². The van der Waals surface area contributed by atoms with Crippen molar-refractivity contribution in [1.82, 2.24) is 4.90 Å². The Morgan fingerprint density at radius 2 is 1.64 bits per heavy atom. The van der Waals surface area contributed by atoms with Crippen LogP contribution in [0.3, 0.4) is 0 Å². The Kier molecular flexibility index (Phi) is 6.33. The first-order valence-electron chi connectivity index (χ1n) is 10.9. The molecule has 33 heavy (non-hydrogen) atoms. The fourth-order valence-electron chi connectivity index (χ4n) is 5.50. The van der Waals surface area contributed by atoms with Crippen LogP contribution in [-0.4, -0.2) is 54.3 Å². The minimum Gasteiger partial charge on any atom is -0.339 e. The lowest BCUT2D eigenvalue weighted by molar-refractivity contribution is -0.348. The Balaban J connectivity index is 1.56. The van der Waals surface area contributed by atoms with Gasteiger partial charge in [-0.25, -0.2) is 4.39 Å². The fraction of sp³-hybridized carbons (Fsp3) is 0.682. The number of hydrogen-bond acceptors (Lipinski definition) is 2. The number of rotatable bonds is 2. The second-order valence-electron chi connectivity index (χ2n) is 8.93. The van der Waals surface area contributed by atoms with Gasteiger partial charge in [-0.2, -0.15) is 26.3 Å². The second-order valence-corrected chi connectivity index (χ2v) is 11.0. The molecule has 1 amide bonds. The standard InChI is InChI=1S/C22H25F7N2OS/c1-30-33-10-7-13(8-11-33)19(32)31-9-6-17-16-4-3-15(12-14(16)2-5-18(17)31)20(23,21(24,25)26)22(27,28)29/h3-4,12-13,17-18H,2,5-11H2,1H3/t13?,17?,18-,33?/m1/s1. The average Bonchev–Trinajstić information content (AvgIpc) is 3.20. The third-order valence-electron chi connectivity index (χ3n) is 7.27. The lowest BCUT2D eigenvalue weighted by Crippen LogP contribution is -2.50. The van der Waals surface area contributed by atoms with Gasteiger partial charge in [0.1, 0.15) is 0 Å². The maximum atomic E-state index is 14.5. The Hall–Kier alpha value is -1.65. The van der Waals surface area contributed by atoms with Crippen molar-refractivity contribution in [1.29, 1.82) is 0 Å². The molecule has 2 heterocycles. The highest BCUT2D eigenvalue weighted by Gasteiger charge is 2.73. The summed E-state index contributed by atoms with van der Waals surface area (Å²) in [6.45, 7) is 0.508. The van der Waals surface area contributed by atoms with Gasteiger partial charge in [0.25, 0.3) is 0 Å². The summed E-state index contributed by atoms with van der Waals surface area (Å²) in [7, 11) is 1.80. The molecule has 0 aromatic heterocycles. The summed E-state index contributed by atoms with van der Waals surface area (Å²) in [5.74, 6) is 1.64. The first-order valence-corrected chi connectivity index (χ1v) is 12.4. The summed E-state index contributed by atoms with van der Waals surface area (Å²) in [5.41, 5.74) is -5.95. The van der Waals surface area contributed by atoms with Gasteiger partial charge in [0, 0.05) is 48.5 Å². The molecule has 2 aliphatic heterocycles. The molecule has 2 fully saturated rings. The smallest absolute Gasteiger partial charge is 0.339 e. The Labute approximate surface area is 189 Å². The van der Waals surface area contributed by atoms with Gasteiger partial charge >= 0.3 is 18.0 Å². The van der Waals surface area contributed by atoms with E-state index in [1.54, 1.807) is 7.05 Å². The predicted molar refractivity (Wildman–Crippen MR) is 111 cm³/mol. The van der Waals surface area contributed by atoms with Crippen molar-refractivity contribution in [3.63, 3.8) is 0 Å². The fourth-order valence-corrected chi connectivity index (χ4v) is 7.19. The largest absolute Gasteiger partial charge is 0.435 e. The van der Waals surface area contributed by atoms with Crippen LogP contribution in [0, 0.1) is 5.92 Å². The number of carbonyl (C=O) groups excluding carboxylic acids is 1. The minimum atomic E-state index is -6.13. The van der Waals surface area contributed by atoms with Crippen LogP contribution < -0.4 is 0 Å². The number of fused-ring (bicyclic) bond motifs is 3. The molecule has 1 aromatic carbocycles. The molecule has 0 bridgehead atoms. The Morgan fingerprint density at radius 1 is 1.00 bits per heavy atom. The second kappa shape index (κ2) is 8.53. The van der Waals surface area contributed by atoms with E-state index in [2.05, 4.69) is 4.36 Å². The number of likely N-dealkylation sites (tertiary alicyclic amines) is 1. The summed E-state index contributed by atoms with van der Waals surface area (Å²) in [5, 5.41) is 0. The molecular weight excluding hydrogens is 473 g/mol. The molecule has 1 aliphatic carbocycles. The zero-order valence-corrected chi connectivity index (χ0v) is 18.8. The van der Waals surface area contributed by atoms with Crippen molar-refractivity contribution >= 4 is 16.6 Å². The highest BCUT2D eigenvalue weighted by Crippen LogP contribution is 2.54. The van der Waals surface area contributed by atoms with E-state index in [0.29, 0.717) is 42.6 Å². The van der Waals surface area contributed by atoms with E-state index in [1.807, 2.05) is 4.90 Å². The SMILES string of the molecule is CN=S1CCC(C(=O)N2CCC3c4ccc(C(F)(C(F)(F)F)C(F)(F)F)cc4CC[C@H]32)CC1. The molecule has 0 saturated carbocycles. The van der Waals surface area contributed by atoms with Crippen LogP contribution in [0.5, 0.6) is 0 Å². The lowest BCUT2D eigenvalue weighted by Gasteiger charge is -2.37. The van der Waals surface area contributed by atoms with E-state index in [0.717, 1.165) is 24.3 Å². The zero-order chi connectivity index (χ0) is 24.2. The van der Waals surface area contributed by atoms with Crippen molar-refractivity contribution in [3.8, 4) is 0 Å². The van der Waals surface area contributed by atoms with Gasteiger partial charge in [-0.1, -0.05) is 18.2 Å². The number of amides is 1. The molecule has 0 N–H and O–H groups in total. The normalized spacial score (nSPS) is 28.3. The Morgan fingerprint density at radius 3 is 2.21 bits per heavy atom. The van der Waals surface area contributed by atoms with Gasteiger partial charge in [0.2, 0.25) is 5.91 Å². The first kappa shape index (κ1) is 24.5. The molecule has 11 heteroatoms. The van der Waals surface area contributed by atoms with Gasteiger partial charge in [0.15, 0.2) is 0 Å². The van der Waals surface area contributed by atoms with Crippen LogP contribution in [0.1, 0.15) is 48.3 Å². The van der Waals surface area contributed by atoms with Crippen molar-refractivity contribution < 1.29 is 35.5 Å². The zero-order valence-electron chi connectivity index (χ0n) is 18.0. The van der Waals surface area contributed by atoms with E-state index in [9.17, 15) is 35.5 Å². The van der Waals surface area contributed by atoms with Crippen LogP contribution >= 0.6 is 0 Å². The monoisotopic (exact) mass is 498 g/mol. The van der Waals surface area contributed by atoms with Crippen molar-refractivity contribution in [2.45, 2.75) is 62.1 Å². The maximum Gasteiger partial charge on any atom is 0.435 e. The summed E-state index contributed by atoms with van der Waals surface area (Å²) < 4.78 is 97.7. The molecule has 4 rings (SSSR count). The Bertz CT molecular complexity index is 935. The number of nitrogens with zero attached hydrogens (tertiary/aromatic N) is 2. The molecule has 0 radical (unpaired) electrons. The number of aryl methyl sites for hydroxylation is 1. The number of carbonyl (C=O) groups is 1. The molecule has 1 aromatic rings. The highest BCUT2D eigenvalue weighted by atomic mass is 32.2. The molecule has 3 nitrogen and oxygen atoms in total. The highest BCUT2D eigenvalue weighted by molar-refractivity contribution is 7.87. The van der Waals surface area contributed by atoms with Gasteiger partial charge in [-0.05, 0) is 43.2 Å². The molecule has 3 aliphatic rings. The van der Waals surface area contributed by atoms with Crippen LogP contribution in [0.25, 0.3) is 0 Å². The summed E-state index contributed by atoms with van der Waals surface area (Å²) in [4.78, 5) is 15.0. The van der Waals surface area contributed by atoms with Gasteiger partial charge in [-0.15, -0.1) is 10.7 Å². The molecule has 0 spiro atoms. The van der Waals surface area contributed by atoms with Crippen molar-refractivity contribution in [2.24, 2.45) is 10.3 Å².